The van der Waals surface area contributed by atoms with Crippen molar-refractivity contribution in [3.63, 3.8) is 0 Å². The van der Waals surface area contributed by atoms with Crippen LogP contribution in [0.1, 0.15) is 50.8 Å². The first-order valence-corrected chi connectivity index (χ1v) is 9.29. The number of thioether (sulfide) groups is 1. The average molecular weight is 310 g/mol. The first-order valence-electron chi connectivity index (χ1n) is 8.14. The summed E-state index contributed by atoms with van der Waals surface area (Å²) in [7, 11) is 0. The summed E-state index contributed by atoms with van der Waals surface area (Å²) < 4.78 is 8.24. The second-order valence-corrected chi connectivity index (χ2v) is 7.58. The van der Waals surface area contributed by atoms with E-state index in [4.69, 9.17) is 4.74 Å². The van der Waals surface area contributed by atoms with E-state index in [1.165, 1.54) is 11.5 Å². The fraction of sp³-hybridized carbons (Fsp3) is 0.812. The van der Waals surface area contributed by atoms with Crippen LogP contribution in [0.5, 0.6) is 0 Å². The van der Waals surface area contributed by atoms with Gasteiger partial charge in [0, 0.05) is 13.2 Å². The van der Waals surface area contributed by atoms with E-state index >= 15 is 0 Å². The first-order chi connectivity index (χ1) is 10.2. The largest absolute Gasteiger partial charge is 0.387 e. The molecule has 2 aliphatic heterocycles. The van der Waals surface area contributed by atoms with E-state index in [0.29, 0.717) is 5.92 Å². The van der Waals surface area contributed by atoms with Gasteiger partial charge in [-0.15, -0.1) is 0 Å². The van der Waals surface area contributed by atoms with Gasteiger partial charge in [0.1, 0.15) is 0 Å². The van der Waals surface area contributed by atoms with E-state index < -0.39 is 6.10 Å². The molecule has 0 radical (unpaired) electrons. The summed E-state index contributed by atoms with van der Waals surface area (Å²) in [4.78, 5) is 4.23. The molecule has 5 heteroatoms. The molecule has 1 spiro atoms. The van der Waals surface area contributed by atoms with Crippen molar-refractivity contribution >= 4 is 11.8 Å². The first kappa shape index (κ1) is 15.4. The number of nitrogens with zero attached hydrogens (tertiary/aromatic N) is 2. The lowest BCUT2D eigenvalue weighted by molar-refractivity contribution is -0.122. The number of rotatable bonds is 4. The predicted octanol–water partition coefficient (Wildman–Crippen LogP) is 3.02. The highest BCUT2D eigenvalue weighted by Gasteiger charge is 2.41. The van der Waals surface area contributed by atoms with Crippen molar-refractivity contribution in [3.05, 3.63) is 18.2 Å². The van der Waals surface area contributed by atoms with E-state index in [0.717, 1.165) is 50.9 Å². The zero-order valence-electron chi connectivity index (χ0n) is 12.8. The van der Waals surface area contributed by atoms with E-state index in [-0.39, 0.29) is 5.60 Å². The lowest BCUT2D eigenvalue weighted by Gasteiger charge is -2.44. The highest BCUT2D eigenvalue weighted by Crippen LogP contribution is 2.43. The van der Waals surface area contributed by atoms with Gasteiger partial charge in [0.25, 0.3) is 0 Å². The molecule has 2 saturated heterocycles. The Morgan fingerprint density at radius 2 is 2.33 bits per heavy atom. The standard InChI is InChI=1S/C16H26N2O2S/c1-2-6-18-12-17-11-14(18)15(19)13-3-7-20-16(10-13)4-8-21-9-5-16/h11-13,15,19H,2-10H2,1H3. The van der Waals surface area contributed by atoms with Gasteiger partial charge in [-0.25, -0.2) is 4.98 Å². The van der Waals surface area contributed by atoms with Gasteiger partial charge in [0.05, 0.1) is 29.9 Å². The van der Waals surface area contributed by atoms with Crippen LogP contribution in [0, 0.1) is 5.92 Å². The fourth-order valence-corrected chi connectivity index (χ4v) is 4.91. The van der Waals surface area contributed by atoms with Gasteiger partial charge in [-0.3, -0.25) is 0 Å². The summed E-state index contributed by atoms with van der Waals surface area (Å²) in [5, 5.41) is 10.8. The van der Waals surface area contributed by atoms with Gasteiger partial charge in [-0.1, -0.05) is 6.92 Å². The molecule has 1 N–H and O–H groups in total. The van der Waals surface area contributed by atoms with Gasteiger partial charge in [0.2, 0.25) is 0 Å². The van der Waals surface area contributed by atoms with Crippen molar-refractivity contribution in [2.24, 2.45) is 5.92 Å². The van der Waals surface area contributed by atoms with Crippen LogP contribution in [0.2, 0.25) is 0 Å². The Kier molecular flexibility index (Phi) is 4.92. The van der Waals surface area contributed by atoms with Crippen molar-refractivity contribution in [1.82, 2.24) is 9.55 Å². The SMILES string of the molecule is CCCn1cncc1C(O)C1CCOC2(CCSCC2)C1. The molecule has 3 heterocycles. The Morgan fingerprint density at radius 1 is 1.52 bits per heavy atom. The van der Waals surface area contributed by atoms with Crippen LogP contribution in [0.4, 0.5) is 0 Å². The van der Waals surface area contributed by atoms with Crippen LogP contribution in [-0.2, 0) is 11.3 Å². The van der Waals surface area contributed by atoms with Crippen molar-refractivity contribution in [2.75, 3.05) is 18.1 Å². The Labute approximate surface area is 131 Å². The van der Waals surface area contributed by atoms with Gasteiger partial charge in [-0.2, -0.15) is 11.8 Å². The molecule has 2 atom stereocenters. The third kappa shape index (κ3) is 3.30. The molecule has 0 aromatic carbocycles. The van der Waals surface area contributed by atoms with Crippen molar-refractivity contribution in [3.8, 4) is 0 Å². The van der Waals surface area contributed by atoms with Crippen molar-refractivity contribution < 1.29 is 9.84 Å². The summed E-state index contributed by atoms with van der Waals surface area (Å²) in [5.74, 6) is 2.68. The normalized spacial score (nSPS) is 26.9. The van der Waals surface area contributed by atoms with Gasteiger partial charge in [-0.05, 0) is 49.5 Å². The number of aryl methyl sites for hydroxylation is 1. The smallest absolute Gasteiger partial charge is 0.0985 e. The maximum Gasteiger partial charge on any atom is 0.0985 e. The molecule has 21 heavy (non-hydrogen) atoms. The zero-order valence-corrected chi connectivity index (χ0v) is 13.6. The molecule has 1 aromatic rings. The quantitative estimate of drug-likeness (QED) is 0.928. The number of hydrogen-bond acceptors (Lipinski definition) is 4. The molecule has 0 saturated carbocycles. The molecule has 0 amide bonds. The Bertz CT molecular complexity index is 451. The lowest BCUT2D eigenvalue weighted by atomic mass is 9.79. The minimum atomic E-state index is -0.408. The van der Waals surface area contributed by atoms with E-state index in [2.05, 4.69) is 16.5 Å². The van der Waals surface area contributed by atoms with Gasteiger partial charge >= 0.3 is 0 Å². The number of ether oxygens (including phenoxy) is 1. The van der Waals surface area contributed by atoms with Crippen LogP contribution in [-0.4, -0.2) is 38.4 Å². The van der Waals surface area contributed by atoms with Crippen LogP contribution in [0.15, 0.2) is 12.5 Å². The van der Waals surface area contributed by atoms with E-state index in [1.807, 2.05) is 24.3 Å². The second-order valence-electron chi connectivity index (χ2n) is 6.35. The molecule has 0 bridgehead atoms. The highest BCUT2D eigenvalue weighted by molar-refractivity contribution is 7.99. The third-order valence-electron chi connectivity index (χ3n) is 4.89. The van der Waals surface area contributed by atoms with Crippen LogP contribution in [0.3, 0.4) is 0 Å². The van der Waals surface area contributed by atoms with Crippen molar-refractivity contribution in [2.45, 2.75) is 57.3 Å². The Hall–Kier alpha value is -0.520. The second kappa shape index (κ2) is 6.71. The third-order valence-corrected chi connectivity index (χ3v) is 5.88. The molecular weight excluding hydrogens is 284 g/mol. The van der Waals surface area contributed by atoms with Crippen LogP contribution < -0.4 is 0 Å². The van der Waals surface area contributed by atoms with Crippen LogP contribution in [0.25, 0.3) is 0 Å². The molecule has 2 aliphatic rings. The monoisotopic (exact) mass is 310 g/mol. The summed E-state index contributed by atoms with van der Waals surface area (Å²) in [5.41, 5.74) is 1.01. The predicted molar refractivity (Wildman–Crippen MR) is 85.4 cm³/mol. The average Bonchev–Trinajstić information content (AvgIpc) is 2.96. The van der Waals surface area contributed by atoms with Gasteiger partial charge < -0.3 is 14.4 Å². The summed E-state index contributed by atoms with van der Waals surface area (Å²) in [6.07, 6.45) is 8.54. The minimum Gasteiger partial charge on any atom is -0.387 e. The molecular formula is C16H26N2O2S. The summed E-state index contributed by atoms with van der Waals surface area (Å²) in [6, 6.07) is 0. The maximum atomic E-state index is 10.8. The molecule has 2 fully saturated rings. The maximum absolute atomic E-state index is 10.8. The molecule has 0 aliphatic carbocycles. The van der Waals surface area contributed by atoms with Crippen molar-refractivity contribution in [1.29, 1.82) is 0 Å². The highest BCUT2D eigenvalue weighted by atomic mass is 32.2. The Balaban J connectivity index is 1.71. The number of hydrogen-bond donors (Lipinski definition) is 1. The number of aromatic nitrogens is 2. The van der Waals surface area contributed by atoms with Gasteiger partial charge in [0.15, 0.2) is 0 Å². The number of aliphatic hydroxyl groups excluding tert-OH is 1. The van der Waals surface area contributed by atoms with E-state index in [9.17, 15) is 5.11 Å². The lowest BCUT2D eigenvalue weighted by Crippen LogP contribution is -2.44. The molecule has 2 unspecified atom stereocenters. The topological polar surface area (TPSA) is 47.3 Å². The number of imidazole rings is 1. The van der Waals surface area contributed by atoms with E-state index in [1.54, 1.807) is 0 Å². The molecule has 118 valence electrons. The zero-order chi connectivity index (χ0) is 14.7. The molecule has 4 nitrogen and oxygen atoms in total. The molecule has 3 rings (SSSR count). The summed E-state index contributed by atoms with van der Waals surface area (Å²) >= 11 is 2.02. The van der Waals surface area contributed by atoms with Crippen LogP contribution >= 0.6 is 11.8 Å². The minimum absolute atomic E-state index is 0.0325. The Morgan fingerprint density at radius 3 is 3.10 bits per heavy atom. The summed E-state index contributed by atoms with van der Waals surface area (Å²) in [6.45, 7) is 3.87. The molecule has 1 aromatic heterocycles. The fourth-order valence-electron chi connectivity index (χ4n) is 3.67. The number of aliphatic hydroxyl groups is 1.